The number of nitrogens with zero attached hydrogens (tertiary/aromatic N) is 3. The molecule has 0 unspecified atom stereocenters. The lowest BCUT2D eigenvalue weighted by Crippen LogP contribution is -2.40. The molecule has 1 aromatic carbocycles. The molecule has 3 heterocycles. The molecule has 2 aromatic heterocycles. The van der Waals surface area contributed by atoms with Crippen molar-refractivity contribution in [2.45, 2.75) is 30.5 Å². The van der Waals surface area contributed by atoms with E-state index in [-0.39, 0.29) is 17.7 Å². The molecule has 3 aromatic rings. The highest BCUT2D eigenvalue weighted by Gasteiger charge is 2.32. The number of rotatable bonds is 7. The molecule has 0 radical (unpaired) electrons. The Balaban J connectivity index is 1.55. The molecule has 2 amide bonds. The molecule has 1 saturated heterocycles. The highest BCUT2D eigenvalue weighted by Crippen LogP contribution is 2.27. The summed E-state index contributed by atoms with van der Waals surface area (Å²) in [5, 5.41) is 4.51. The fraction of sp³-hybridized carbons (Fsp3) is 0.409. The maximum atomic E-state index is 13.0. The van der Waals surface area contributed by atoms with Crippen LogP contribution in [0.25, 0.3) is 10.2 Å². The highest BCUT2D eigenvalue weighted by atomic mass is 32.2. The van der Waals surface area contributed by atoms with Gasteiger partial charge in [0.05, 0.1) is 16.8 Å². The third-order valence-electron chi connectivity index (χ3n) is 5.62. The third kappa shape index (κ3) is 5.31. The van der Waals surface area contributed by atoms with Gasteiger partial charge in [-0.15, -0.1) is 11.3 Å². The second kappa shape index (κ2) is 10.5. The number of nitrogens with one attached hydrogen (secondary N) is 1. The first kappa shape index (κ1) is 24.7. The van der Waals surface area contributed by atoms with Crippen molar-refractivity contribution in [3.8, 4) is 0 Å². The zero-order valence-electron chi connectivity index (χ0n) is 18.9. The molecular formula is C22H26N4O5S3. The van der Waals surface area contributed by atoms with Crippen molar-refractivity contribution in [2.24, 2.45) is 10.9 Å². The first-order valence-corrected chi connectivity index (χ1v) is 14.0. The second-order valence-corrected chi connectivity index (χ2v) is 12.1. The first-order chi connectivity index (χ1) is 16.3. The van der Waals surface area contributed by atoms with Crippen LogP contribution in [-0.4, -0.2) is 55.9 Å². The van der Waals surface area contributed by atoms with E-state index >= 15 is 0 Å². The van der Waals surface area contributed by atoms with Crippen LogP contribution in [0.2, 0.25) is 0 Å². The number of thiophene rings is 1. The molecule has 9 nitrogen and oxygen atoms in total. The number of ether oxygens (including phenoxy) is 1. The van der Waals surface area contributed by atoms with Crippen LogP contribution in [0, 0.1) is 5.92 Å². The molecule has 34 heavy (non-hydrogen) atoms. The summed E-state index contributed by atoms with van der Waals surface area (Å²) in [4.78, 5) is 29.4. The van der Waals surface area contributed by atoms with E-state index in [0.29, 0.717) is 53.8 Å². The van der Waals surface area contributed by atoms with Gasteiger partial charge in [-0.3, -0.25) is 9.59 Å². The quantitative estimate of drug-likeness (QED) is 0.513. The van der Waals surface area contributed by atoms with Crippen LogP contribution in [-0.2, 0) is 30.9 Å². The zero-order valence-corrected chi connectivity index (χ0v) is 21.3. The number of carbonyl (C=O) groups excluding carboxylic acids is 2. The topological polar surface area (TPSA) is 110 Å². The number of benzene rings is 1. The summed E-state index contributed by atoms with van der Waals surface area (Å²) in [6.45, 7) is 3.03. The summed E-state index contributed by atoms with van der Waals surface area (Å²) in [6.07, 6.45) is 0.866. The fourth-order valence-electron chi connectivity index (χ4n) is 3.90. The van der Waals surface area contributed by atoms with E-state index in [1.54, 1.807) is 24.6 Å². The predicted octanol–water partition coefficient (Wildman–Crippen LogP) is 2.90. The monoisotopic (exact) mass is 522 g/mol. The van der Waals surface area contributed by atoms with Gasteiger partial charge >= 0.3 is 0 Å². The maximum absolute atomic E-state index is 13.0. The standard InChI is InChI=1S/C22H26N4O5S3/c1-15(27)23-17-5-6-18-19(14-17)33-22(26(18)11-12-31-2)24-21(28)16-7-9-25(10-8-16)34(29,30)20-4-3-13-32-20/h3-6,13-14,16H,7-12H2,1-2H3,(H,23,27). The predicted molar refractivity (Wildman–Crippen MR) is 132 cm³/mol. The minimum Gasteiger partial charge on any atom is -0.383 e. The van der Waals surface area contributed by atoms with Crippen molar-refractivity contribution in [2.75, 3.05) is 32.1 Å². The summed E-state index contributed by atoms with van der Waals surface area (Å²) in [7, 11) is -1.89. The smallest absolute Gasteiger partial charge is 0.252 e. The Morgan fingerprint density at radius 3 is 2.65 bits per heavy atom. The van der Waals surface area contributed by atoms with Gasteiger partial charge in [0.15, 0.2) is 4.80 Å². The SMILES string of the molecule is COCCn1c(=NC(=O)C2CCN(S(=O)(=O)c3cccs3)CC2)sc2cc(NC(C)=O)ccc21. The summed E-state index contributed by atoms with van der Waals surface area (Å²) in [5.74, 6) is -0.727. The summed E-state index contributed by atoms with van der Waals surface area (Å²) < 4.78 is 35.3. The van der Waals surface area contributed by atoms with Crippen molar-refractivity contribution in [3.05, 3.63) is 40.5 Å². The van der Waals surface area contributed by atoms with Gasteiger partial charge < -0.3 is 14.6 Å². The number of hydrogen-bond donors (Lipinski definition) is 1. The van der Waals surface area contributed by atoms with Crippen molar-refractivity contribution >= 4 is 60.4 Å². The van der Waals surface area contributed by atoms with E-state index in [9.17, 15) is 18.0 Å². The molecule has 0 aliphatic carbocycles. The Kier molecular flexibility index (Phi) is 7.63. The van der Waals surface area contributed by atoms with Gasteiger partial charge in [0.1, 0.15) is 4.21 Å². The molecule has 0 bridgehead atoms. The van der Waals surface area contributed by atoms with Crippen molar-refractivity contribution in [1.29, 1.82) is 0 Å². The number of sulfonamides is 1. The van der Waals surface area contributed by atoms with E-state index in [1.807, 2.05) is 22.8 Å². The first-order valence-electron chi connectivity index (χ1n) is 10.8. The number of fused-ring (bicyclic) bond motifs is 1. The van der Waals surface area contributed by atoms with Gasteiger partial charge in [0.25, 0.3) is 15.9 Å². The van der Waals surface area contributed by atoms with E-state index in [0.717, 1.165) is 10.2 Å². The molecule has 0 spiro atoms. The Morgan fingerprint density at radius 1 is 1.24 bits per heavy atom. The average Bonchev–Trinajstić information content (AvgIpc) is 3.46. The van der Waals surface area contributed by atoms with Crippen LogP contribution in [0.1, 0.15) is 19.8 Å². The lowest BCUT2D eigenvalue weighted by molar-refractivity contribution is -0.123. The second-order valence-electron chi connectivity index (χ2n) is 7.95. The van der Waals surface area contributed by atoms with Gasteiger partial charge in [-0.2, -0.15) is 9.30 Å². The van der Waals surface area contributed by atoms with Crippen molar-refractivity contribution in [3.63, 3.8) is 0 Å². The zero-order chi connectivity index (χ0) is 24.3. The average molecular weight is 523 g/mol. The Bertz CT molecular complexity index is 1350. The van der Waals surface area contributed by atoms with E-state index in [2.05, 4.69) is 10.3 Å². The van der Waals surface area contributed by atoms with Crippen LogP contribution in [0.15, 0.2) is 44.9 Å². The van der Waals surface area contributed by atoms with Crippen LogP contribution in [0.4, 0.5) is 5.69 Å². The summed E-state index contributed by atoms with van der Waals surface area (Å²) in [5.41, 5.74) is 1.58. The van der Waals surface area contributed by atoms with Crippen LogP contribution in [0.3, 0.4) is 0 Å². The fourth-order valence-corrected chi connectivity index (χ4v) is 7.62. The summed E-state index contributed by atoms with van der Waals surface area (Å²) >= 11 is 2.57. The normalized spacial score (nSPS) is 16.2. The minimum absolute atomic E-state index is 0.157. The maximum Gasteiger partial charge on any atom is 0.252 e. The Morgan fingerprint density at radius 2 is 2.00 bits per heavy atom. The summed E-state index contributed by atoms with van der Waals surface area (Å²) in [6, 6.07) is 8.89. The number of piperidine rings is 1. The number of anilines is 1. The number of thiazole rings is 1. The lowest BCUT2D eigenvalue weighted by atomic mass is 9.98. The van der Waals surface area contributed by atoms with E-state index in [4.69, 9.17) is 4.74 Å². The van der Waals surface area contributed by atoms with Crippen molar-refractivity contribution < 1.29 is 22.7 Å². The van der Waals surface area contributed by atoms with Gasteiger partial charge in [0.2, 0.25) is 5.91 Å². The number of aromatic nitrogens is 1. The molecule has 1 N–H and O–H groups in total. The molecule has 182 valence electrons. The molecule has 0 atom stereocenters. The Labute approximate surface area is 205 Å². The van der Waals surface area contributed by atoms with Crippen molar-refractivity contribution in [1.82, 2.24) is 8.87 Å². The molecular weight excluding hydrogens is 496 g/mol. The number of carbonyl (C=O) groups is 2. The molecule has 1 aliphatic rings. The number of hydrogen-bond acceptors (Lipinski definition) is 7. The highest BCUT2D eigenvalue weighted by molar-refractivity contribution is 7.91. The molecule has 12 heteroatoms. The van der Waals surface area contributed by atoms with Gasteiger partial charge in [-0.1, -0.05) is 17.4 Å². The van der Waals surface area contributed by atoms with Gasteiger partial charge in [-0.05, 0) is 42.5 Å². The Hall–Kier alpha value is -2.38. The molecule has 1 aliphatic heterocycles. The van der Waals surface area contributed by atoms with Crippen LogP contribution < -0.4 is 10.1 Å². The van der Waals surface area contributed by atoms with Crippen LogP contribution >= 0.6 is 22.7 Å². The molecule has 1 fully saturated rings. The van der Waals surface area contributed by atoms with E-state index in [1.165, 1.54) is 33.9 Å². The number of methoxy groups -OCH3 is 1. The minimum atomic E-state index is -3.51. The van der Waals surface area contributed by atoms with Gasteiger partial charge in [-0.25, -0.2) is 8.42 Å². The lowest BCUT2D eigenvalue weighted by Gasteiger charge is -2.29. The van der Waals surface area contributed by atoms with Crippen LogP contribution in [0.5, 0.6) is 0 Å². The van der Waals surface area contributed by atoms with E-state index < -0.39 is 10.0 Å². The number of amides is 2. The van der Waals surface area contributed by atoms with Gasteiger partial charge in [0, 0.05) is 45.3 Å². The molecule has 4 rings (SSSR count). The largest absolute Gasteiger partial charge is 0.383 e. The molecule has 0 saturated carbocycles. The third-order valence-corrected chi connectivity index (χ3v) is 9.93.